The van der Waals surface area contributed by atoms with Gasteiger partial charge in [0.25, 0.3) is 0 Å². The molecule has 1 aliphatic rings. The van der Waals surface area contributed by atoms with Gasteiger partial charge in [-0.1, -0.05) is 35.9 Å². The lowest BCUT2D eigenvalue weighted by Gasteiger charge is -2.31. The number of carbonyl (C=O) groups excluding carboxylic acids is 1. The van der Waals surface area contributed by atoms with Crippen molar-refractivity contribution >= 4 is 51.5 Å². The van der Waals surface area contributed by atoms with Crippen molar-refractivity contribution in [1.82, 2.24) is 4.98 Å². The number of nitrogens with one attached hydrogen (secondary N) is 1. The molecule has 28 heavy (non-hydrogen) atoms. The van der Waals surface area contributed by atoms with Gasteiger partial charge in [-0.15, -0.1) is 11.8 Å². The van der Waals surface area contributed by atoms with Gasteiger partial charge in [0, 0.05) is 29.6 Å². The number of benzene rings is 2. The minimum Gasteiger partial charge on any atom is -0.369 e. The molecule has 0 spiro atoms. The molecule has 1 aromatic heterocycles. The van der Waals surface area contributed by atoms with Crippen molar-refractivity contribution in [1.29, 1.82) is 0 Å². The standard InChI is InChI=1S/C22H22ClN3OS/c23-17-9-5-10-18(22(17)26-13-2-1-3-14-26)25-20(27)15-28-19-11-4-7-16-8-6-12-24-21(16)19/h4-12H,1-3,13-15H2,(H,25,27). The summed E-state index contributed by atoms with van der Waals surface area (Å²) in [6.45, 7) is 1.95. The maximum Gasteiger partial charge on any atom is 0.234 e. The van der Waals surface area contributed by atoms with Gasteiger partial charge < -0.3 is 10.2 Å². The van der Waals surface area contributed by atoms with Crippen LogP contribution in [0.3, 0.4) is 0 Å². The second-order valence-electron chi connectivity index (χ2n) is 6.85. The molecule has 4 nitrogen and oxygen atoms in total. The number of hydrogen-bond donors (Lipinski definition) is 1. The molecule has 3 aromatic rings. The van der Waals surface area contributed by atoms with E-state index in [0.29, 0.717) is 10.8 Å². The van der Waals surface area contributed by atoms with E-state index in [4.69, 9.17) is 11.6 Å². The summed E-state index contributed by atoms with van der Waals surface area (Å²) >= 11 is 7.98. The Kier molecular flexibility index (Phi) is 6.03. The minimum atomic E-state index is -0.0431. The predicted octanol–water partition coefficient (Wildman–Crippen LogP) is 5.61. The van der Waals surface area contributed by atoms with Crippen LogP contribution in [0.15, 0.2) is 59.6 Å². The van der Waals surface area contributed by atoms with E-state index in [1.165, 1.54) is 18.2 Å². The smallest absolute Gasteiger partial charge is 0.234 e. The number of fused-ring (bicyclic) bond motifs is 1. The Hall–Kier alpha value is -2.24. The molecule has 1 aliphatic heterocycles. The van der Waals surface area contributed by atoms with Crippen LogP contribution < -0.4 is 10.2 Å². The quantitative estimate of drug-likeness (QED) is 0.554. The third-order valence-corrected chi connectivity index (χ3v) is 6.24. The van der Waals surface area contributed by atoms with Crippen LogP contribution >= 0.6 is 23.4 Å². The average Bonchev–Trinajstić information content (AvgIpc) is 2.73. The monoisotopic (exact) mass is 411 g/mol. The Balaban J connectivity index is 1.47. The Bertz CT molecular complexity index is 983. The number of halogens is 1. The summed E-state index contributed by atoms with van der Waals surface area (Å²) in [5, 5.41) is 4.83. The van der Waals surface area contributed by atoms with Gasteiger partial charge in [0.1, 0.15) is 0 Å². The lowest BCUT2D eigenvalue weighted by Crippen LogP contribution is -2.30. The lowest BCUT2D eigenvalue weighted by molar-refractivity contribution is -0.113. The lowest BCUT2D eigenvalue weighted by atomic mass is 10.1. The number of pyridine rings is 1. The van der Waals surface area contributed by atoms with Crippen molar-refractivity contribution in [2.24, 2.45) is 0 Å². The zero-order chi connectivity index (χ0) is 19.3. The Morgan fingerprint density at radius 2 is 1.86 bits per heavy atom. The highest BCUT2D eigenvalue weighted by Gasteiger charge is 2.19. The van der Waals surface area contributed by atoms with E-state index in [2.05, 4.69) is 15.2 Å². The molecular weight excluding hydrogens is 390 g/mol. The summed E-state index contributed by atoms with van der Waals surface area (Å²) in [5.41, 5.74) is 2.66. The zero-order valence-corrected chi connectivity index (χ0v) is 17.1. The van der Waals surface area contributed by atoms with E-state index in [0.717, 1.165) is 53.1 Å². The number of thioether (sulfide) groups is 1. The second-order valence-corrected chi connectivity index (χ2v) is 8.28. The molecule has 0 saturated carbocycles. The molecule has 1 amide bonds. The number of nitrogens with zero attached hydrogens (tertiary/aromatic N) is 2. The first kappa shape index (κ1) is 19.1. The fourth-order valence-electron chi connectivity index (χ4n) is 3.58. The number of anilines is 2. The highest BCUT2D eigenvalue weighted by atomic mass is 35.5. The molecule has 6 heteroatoms. The third kappa shape index (κ3) is 4.26. The van der Waals surface area contributed by atoms with Gasteiger partial charge >= 0.3 is 0 Å². The Morgan fingerprint density at radius 1 is 1.07 bits per heavy atom. The summed E-state index contributed by atoms with van der Waals surface area (Å²) < 4.78 is 0. The van der Waals surface area contributed by atoms with E-state index >= 15 is 0 Å². The number of piperidine rings is 1. The predicted molar refractivity (Wildman–Crippen MR) is 119 cm³/mol. The molecule has 0 unspecified atom stereocenters. The molecule has 0 radical (unpaired) electrons. The minimum absolute atomic E-state index is 0.0431. The van der Waals surface area contributed by atoms with Gasteiger partial charge in [0.2, 0.25) is 5.91 Å². The van der Waals surface area contributed by atoms with Gasteiger partial charge in [-0.05, 0) is 43.5 Å². The highest BCUT2D eigenvalue weighted by molar-refractivity contribution is 8.00. The number of amides is 1. The van der Waals surface area contributed by atoms with Gasteiger partial charge in [-0.3, -0.25) is 9.78 Å². The van der Waals surface area contributed by atoms with E-state index in [9.17, 15) is 4.79 Å². The molecular formula is C22H22ClN3OS. The number of aromatic nitrogens is 1. The van der Waals surface area contributed by atoms with Crippen LogP contribution in [0.25, 0.3) is 10.9 Å². The van der Waals surface area contributed by atoms with Crippen molar-refractivity contribution in [3.05, 3.63) is 59.8 Å². The molecule has 0 bridgehead atoms. The molecule has 144 valence electrons. The average molecular weight is 412 g/mol. The van der Waals surface area contributed by atoms with Crippen molar-refractivity contribution in [3.63, 3.8) is 0 Å². The van der Waals surface area contributed by atoms with Crippen molar-refractivity contribution in [3.8, 4) is 0 Å². The molecule has 0 aliphatic carbocycles. The van der Waals surface area contributed by atoms with Gasteiger partial charge in [-0.2, -0.15) is 0 Å². The molecule has 2 aromatic carbocycles. The largest absolute Gasteiger partial charge is 0.369 e. The summed E-state index contributed by atoms with van der Waals surface area (Å²) in [6, 6.07) is 15.7. The van der Waals surface area contributed by atoms with Crippen LogP contribution in [0.1, 0.15) is 19.3 Å². The Labute approximate surface area is 174 Å². The van der Waals surface area contributed by atoms with Gasteiger partial charge in [0.05, 0.1) is 27.7 Å². The summed E-state index contributed by atoms with van der Waals surface area (Å²) in [4.78, 5) is 20.4. The summed E-state index contributed by atoms with van der Waals surface area (Å²) in [7, 11) is 0. The van der Waals surface area contributed by atoms with Crippen LogP contribution in [0, 0.1) is 0 Å². The number of hydrogen-bond acceptors (Lipinski definition) is 4. The molecule has 1 saturated heterocycles. The van der Waals surface area contributed by atoms with Crippen molar-refractivity contribution in [2.45, 2.75) is 24.2 Å². The maximum atomic E-state index is 12.7. The SMILES string of the molecule is O=C(CSc1cccc2cccnc12)Nc1cccc(Cl)c1N1CCCCC1. The van der Waals surface area contributed by atoms with E-state index in [1.54, 1.807) is 6.20 Å². The molecule has 1 N–H and O–H groups in total. The fraction of sp³-hybridized carbons (Fsp3) is 0.273. The number of carbonyl (C=O) groups is 1. The van der Waals surface area contributed by atoms with Crippen LogP contribution in [0.5, 0.6) is 0 Å². The summed E-state index contributed by atoms with van der Waals surface area (Å²) in [5.74, 6) is 0.278. The van der Waals surface area contributed by atoms with Crippen molar-refractivity contribution in [2.75, 3.05) is 29.1 Å². The van der Waals surface area contributed by atoms with Crippen LogP contribution in [-0.2, 0) is 4.79 Å². The third-order valence-electron chi connectivity index (χ3n) is 4.89. The van der Waals surface area contributed by atoms with Crippen molar-refractivity contribution < 1.29 is 4.79 Å². The first-order valence-electron chi connectivity index (χ1n) is 9.52. The first-order chi connectivity index (χ1) is 13.7. The number of para-hydroxylation sites is 2. The van der Waals surface area contributed by atoms with E-state index in [-0.39, 0.29) is 5.91 Å². The normalized spacial score (nSPS) is 14.2. The molecule has 1 fully saturated rings. The van der Waals surface area contributed by atoms with Crippen LogP contribution in [0.4, 0.5) is 11.4 Å². The highest BCUT2D eigenvalue weighted by Crippen LogP contribution is 2.36. The van der Waals surface area contributed by atoms with Crippen LogP contribution in [0.2, 0.25) is 5.02 Å². The van der Waals surface area contributed by atoms with Gasteiger partial charge in [-0.25, -0.2) is 0 Å². The Morgan fingerprint density at radius 3 is 2.71 bits per heavy atom. The zero-order valence-electron chi connectivity index (χ0n) is 15.5. The molecule has 2 heterocycles. The fourth-order valence-corrected chi connectivity index (χ4v) is 4.71. The number of rotatable bonds is 5. The second kappa shape index (κ2) is 8.84. The molecule has 4 rings (SSSR count). The van der Waals surface area contributed by atoms with E-state index < -0.39 is 0 Å². The molecule has 0 atom stereocenters. The van der Waals surface area contributed by atoms with E-state index in [1.807, 2.05) is 48.5 Å². The first-order valence-corrected chi connectivity index (χ1v) is 10.9. The van der Waals surface area contributed by atoms with Crippen LogP contribution in [-0.4, -0.2) is 29.7 Å². The van der Waals surface area contributed by atoms with Gasteiger partial charge in [0.15, 0.2) is 0 Å². The topological polar surface area (TPSA) is 45.2 Å². The summed E-state index contributed by atoms with van der Waals surface area (Å²) in [6.07, 6.45) is 5.34. The maximum absolute atomic E-state index is 12.7.